The molecule has 0 fully saturated rings. The van der Waals surface area contributed by atoms with E-state index >= 15 is 0 Å². The predicted octanol–water partition coefficient (Wildman–Crippen LogP) is 2.60. The van der Waals surface area contributed by atoms with E-state index in [4.69, 9.17) is 4.74 Å². The fourth-order valence-electron chi connectivity index (χ4n) is 2.29. The molecular formula is C19H29N5O. The van der Waals surface area contributed by atoms with Gasteiger partial charge in [0.1, 0.15) is 0 Å². The van der Waals surface area contributed by atoms with E-state index in [0.29, 0.717) is 5.92 Å². The monoisotopic (exact) mass is 343 g/mol. The Labute approximate surface area is 150 Å². The smallest absolute Gasteiger partial charge is 0.191 e. The van der Waals surface area contributed by atoms with Crippen molar-refractivity contribution in [1.82, 2.24) is 20.4 Å². The van der Waals surface area contributed by atoms with Crippen LogP contribution in [-0.2, 0) is 11.3 Å². The third kappa shape index (κ3) is 6.97. The third-order valence-corrected chi connectivity index (χ3v) is 3.60. The van der Waals surface area contributed by atoms with Gasteiger partial charge in [-0.3, -0.25) is 4.99 Å². The highest BCUT2D eigenvalue weighted by molar-refractivity contribution is 5.79. The summed E-state index contributed by atoms with van der Waals surface area (Å²) in [5.74, 6) is 1.39. The molecule has 0 atom stereocenters. The molecule has 0 saturated carbocycles. The highest BCUT2D eigenvalue weighted by atomic mass is 16.5. The summed E-state index contributed by atoms with van der Waals surface area (Å²) in [6, 6.07) is 10.2. The average molecular weight is 343 g/mol. The van der Waals surface area contributed by atoms with Gasteiger partial charge in [0.15, 0.2) is 5.96 Å². The molecule has 0 unspecified atom stereocenters. The zero-order valence-corrected chi connectivity index (χ0v) is 15.4. The lowest BCUT2D eigenvalue weighted by Gasteiger charge is -2.12. The molecule has 0 radical (unpaired) electrons. The summed E-state index contributed by atoms with van der Waals surface area (Å²) in [4.78, 5) is 4.25. The van der Waals surface area contributed by atoms with Crippen molar-refractivity contribution >= 4 is 5.96 Å². The number of rotatable bonds is 9. The summed E-state index contributed by atoms with van der Waals surface area (Å²) in [6.07, 6.45) is 4.68. The van der Waals surface area contributed by atoms with Crippen LogP contribution in [-0.4, -0.2) is 42.5 Å². The molecule has 1 heterocycles. The quantitative estimate of drug-likeness (QED) is 0.417. The Hall–Kier alpha value is -2.34. The second-order valence-electron chi connectivity index (χ2n) is 6.29. The van der Waals surface area contributed by atoms with E-state index in [1.807, 2.05) is 16.9 Å². The summed E-state index contributed by atoms with van der Waals surface area (Å²) in [6.45, 7) is 7.48. The molecule has 1 aromatic heterocycles. The predicted molar refractivity (Wildman–Crippen MR) is 102 cm³/mol. The van der Waals surface area contributed by atoms with Gasteiger partial charge in [0, 0.05) is 45.7 Å². The van der Waals surface area contributed by atoms with Gasteiger partial charge in [0.2, 0.25) is 0 Å². The van der Waals surface area contributed by atoms with Crippen molar-refractivity contribution < 1.29 is 4.74 Å². The standard InChI is InChI=1S/C19H29N5O/c1-16(2)15-25-13-5-10-21-19(20-3)22-14-17-6-8-18(9-7-17)24-12-4-11-23-24/h4,6-9,11-12,16H,5,10,13-15H2,1-3H3,(H2,20,21,22). The van der Waals surface area contributed by atoms with E-state index in [1.165, 1.54) is 5.56 Å². The Morgan fingerprint density at radius 3 is 2.68 bits per heavy atom. The van der Waals surface area contributed by atoms with Gasteiger partial charge in [-0.25, -0.2) is 4.68 Å². The maximum Gasteiger partial charge on any atom is 0.191 e. The molecule has 2 rings (SSSR count). The third-order valence-electron chi connectivity index (χ3n) is 3.60. The van der Waals surface area contributed by atoms with E-state index in [9.17, 15) is 0 Å². The Bertz CT molecular complexity index is 620. The van der Waals surface area contributed by atoms with Gasteiger partial charge in [-0.1, -0.05) is 26.0 Å². The Kier molecular flexibility index (Phi) is 7.98. The number of nitrogens with one attached hydrogen (secondary N) is 2. The average Bonchev–Trinajstić information content (AvgIpc) is 3.15. The van der Waals surface area contributed by atoms with Crippen molar-refractivity contribution in [3.05, 3.63) is 48.3 Å². The van der Waals surface area contributed by atoms with Crippen molar-refractivity contribution in [2.45, 2.75) is 26.8 Å². The first-order valence-electron chi connectivity index (χ1n) is 8.80. The molecule has 1 aromatic carbocycles. The molecule has 0 bridgehead atoms. The first-order valence-corrected chi connectivity index (χ1v) is 8.80. The van der Waals surface area contributed by atoms with Crippen LogP contribution in [0.4, 0.5) is 0 Å². The van der Waals surface area contributed by atoms with Gasteiger partial charge in [-0.2, -0.15) is 5.10 Å². The van der Waals surface area contributed by atoms with Crippen LogP contribution in [0, 0.1) is 5.92 Å². The SMILES string of the molecule is CN=C(NCCCOCC(C)C)NCc1ccc(-n2cccn2)cc1. The van der Waals surface area contributed by atoms with E-state index in [0.717, 1.165) is 44.4 Å². The maximum absolute atomic E-state index is 5.57. The lowest BCUT2D eigenvalue weighted by molar-refractivity contribution is 0.108. The normalized spacial score (nSPS) is 11.8. The minimum Gasteiger partial charge on any atom is -0.381 e. The molecule has 0 saturated heterocycles. The Balaban J connectivity index is 1.68. The zero-order chi connectivity index (χ0) is 17.9. The molecule has 6 heteroatoms. The van der Waals surface area contributed by atoms with Crippen LogP contribution in [0.15, 0.2) is 47.7 Å². The molecule has 2 aromatic rings. The maximum atomic E-state index is 5.57. The van der Waals surface area contributed by atoms with Crippen molar-refractivity contribution in [2.24, 2.45) is 10.9 Å². The van der Waals surface area contributed by atoms with E-state index in [2.05, 4.69) is 58.8 Å². The number of hydrogen-bond donors (Lipinski definition) is 2. The van der Waals surface area contributed by atoms with E-state index in [1.54, 1.807) is 13.2 Å². The Morgan fingerprint density at radius 2 is 2.04 bits per heavy atom. The van der Waals surface area contributed by atoms with E-state index in [-0.39, 0.29) is 0 Å². The largest absolute Gasteiger partial charge is 0.381 e. The molecule has 136 valence electrons. The topological polar surface area (TPSA) is 63.5 Å². The number of nitrogens with zero attached hydrogens (tertiary/aromatic N) is 3. The number of guanidine groups is 1. The lowest BCUT2D eigenvalue weighted by Crippen LogP contribution is -2.37. The van der Waals surface area contributed by atoms with Crippen molar-refractivity contribution in [1.29, 1.82) is 0 Å². The first-order chi connectivity index (χ1) is 12.2. The van der Waals surface area contributed by atoms with Gasteiger partial charge < -0.3 is 15.4 Å². The minimum atomic E-state index is 0.585. The van der Waals surface area contributed by atoms with Crippen LogP contribution in [0.1, 0.15) is 25.8 Å². The highest BCUT2D eigenvalue weighted by Crippen LogP contribution is 2.08. The van der Waals surface area contributed by atoms with Gasteiger partial charge in [0.05, 0.1) is 5.69 Å². The van der Waals surface area contributed by atoms with Gasteiger partial charge in [-0.15, -0.1) is 0 Å². The summed E-state index contributed by atoms with van der Waals surface area (Å²) in [5.41, 5.74) is 2.25. The lowest BCUT2D eigenvalue weighted by atomic mass is 10.2. The van der Waals surface area contributed by atoms with Crippen LogP contribution >= 0.6 is 0 Å². The van der Waals surface area contributed by atoms with Crippen molar-refractivity contribution in [3.63, 3.8) is 0 Å². The van der Waals surface area contributed by atoms with E-state index < -0.39 is 0 Å². The summed E-state index contributed by atoms with van der Waals surface area (Å²) < 4.78 is 7.42. The first kappa shape index (κ1) is 19.0. The fraction of sp³-hybridized carbons (Fsp3) is 0.474. The number of aliphatic imine (C=N–C) groups is 1. The molecule has 0 amide bonds. The number of ether oxygens (including phenoxy) is 1. The molecule has 0 spiro atoms. The van der Waals surface area contributed by atoms with Gasteiger partial charge in [-0.05, 0) is 36.1 Å². The molecule has 0 aliphatic carbocycles. The molecule has 0 aliphatic heterocycles. The molecule has 25 heavy (non-hydrogen) atoms. The van der Waals surface area contributed by atoms with Crippen molar-refractivity contribution in [2.75, 3.05) is 26.8 Å². The zero-order valence-electron chi connectivity index (χ0n) is 15.4. The highest BCUT2D eigenvalue weighted by Gasteiger charge is 2.00. The number of hydrogen-bond acceptors (Lipinski definition) is 3. The molecule has 2 N–H and O–H groups in total. The number of benzene rings is 1. The van der Waals surface area contributed by atoms with Crippen LogP contribution in [0.25, 0.3) is 5.69 Å². The Morgan fingerprint density at radius 1 is 1.24 bits per heavy atom. The van der Waals surface area contributed by atoms with Crippen molar-refractivity contribution in [3.8, 4) is 5.69 Å². The summed E-state index contributed by atoms with van der Waals surface area (Å²) in [7, 11) is 1.78. The molecular weight excluding hydrogens is 314 g/mol. The van der Waals surface area contributed by atoms with Crippen LogP contribution < -0.4 is 10.6 Å². The summed E-state index contributed by atoms with van der Waals surface area (Å²) >= 11 is 0. The van der Waals surface area contributed by atoms with Crippen LogP contribution in [0.2, 0.25) is 0 Å². The second-order valence-corrected chi connectivity index (χ2v) is 6.29. The molecule has 0 aliphatic rings. The summed E-state index contributed by atoms with van der Waals surface area (Å²) in [5, 5.41) is 10.9. The molecule has 6 nitrogen and oxygen atoms in total. The van der Waals surface area contributed by atoms with Gasteiger partial charge >= 0.3 is 0 Å². The van der Waals surface area contributed by atoms with Gasteiger partial charge in [0.25, 0.3) is 0 Å². The second kappa shape index (κ2) is 10.5. The van der Waals surface area contributed by atoms with Crippen LogP contribution in [0.3, 0.4) is 0 Å². The number of aromatic nitrogens is 2. The minimum absolute atomic E-state index is 0.585. The van der Waals surface area contributed by atoms with Crippen LogP contribution in [0.5, 0.6) is 0 Å². The fourth-order valence-corrected chi connectivity index (χ4v) is 2.29.